The highest BCUT2D eigenvalue weighted by atomic mass is 127. The molecule has 2 rings (SSSR count). The minimum Gasteiger partial charge on any atom is -0.356 e. The summed E-state index contributed by atoms with van der Waals surface area (Å²) in [6, 6.07) is 15.0. The molecular formula is C19H27IN4O2S. The smallest absolute Gasteiger partial charge is 0.238 e. The van der Waals surface area contributed by atoms with E-state index in [2.05, 4.69) is 53.7 Å². The SMILES string of the molecule is CN=C(NCc1cccc(S(N)(=O)=O)c1)NCC(C)c1ccc(C)cc1.I. The summed E-state index contributed by atoms with van der Waals surface area (Å²) >= 11 is 0. The maximum atomic E-state index is 11.4. The van der Waals surface area contributed by atoms with Crippen LogP contribution in [0.3, 0.4) is 0 Å². The van der Waals surface area contributed by atoms with Gasteiger partial charge >= 0.3 is 0 Å². The quantitative estimate of drug-likeness (QED) is 0.322. The number of guanidine groups is 1. The molecule has 0 aliphatic carbocycles. The second-order valence-corrected chi connectivity index (χ2v) is 7.87. The lowest BCUT2D eigenvalue weighted by atomic mass is 10.0. The number of rotatable bonds is 6. The molecule has 0 aliphatic heterocycles. The molecule has 4 N–H and O–H groups in total. The Morgan fingerprint density at radius 2 is 1.81 bits per heavy atom. The van der Waals surface area contributed by atoms with Crippen LogP contribution in [0, 0.1) is 6.92 Å². The molecule has 0 radical (unpaired) electrons. The molecule has 6 nitrogen and oxygen atoms in total. The zero-order valence-corrected chi connectivity index (χ0v) is 18.9. The first-order chi connectivity index (χ1) is 12.3. The van der Waals surface area contributed by atoms with Gasteiger partial charge in [-0.3, -0.25) is 4.99 Å². The van der Waals surface area contributed by atoms with Crippen LogP contribution in [0.2, 0.25) is 0 Å². The van der Waals surface area contributed by atoms with Gasteiger partial charge < -0.3 is 10.6 Å². The molecule has 1 atom stereocenters. The summed E-state index contributed by atoms with van der Waals surface area (Å²) in [5.74, 6) is 0.991. The van der Waals surface area contributed by atoms with E-state index in [1.165, 1.54) is 17.2 Å². The van der Waals surface area contributed by atoms with E-state index >= 15 is 0 Å². The van der Waals surface area contributed by atoms with E-state index in [-0.39, 0.29) is 28.9 Å². The number of aliphatic imine (C=N–C) groups is 1. The third-order valence-corrected chi connectivity index (χ3v) is 5.04. The van der Waals surface area contributed by atoms with E-state index in [1.807, 2.05) is 6.07 Å². The van der Waals surface area contributed by atoms with Crippen LogP contribution in [0.15, 0.2) is 58.4 Å². The van der Waals surface area contributed by atoms with E-state index in [1.54, 1.807) is 19.2 Å². The highest BCUT2D eigenvalue weighted by Gasteiger charge is 2.09. The van der Waals surface area contributed by atoms with Gasteiger partial charge in [-0.1, -0.05) is 48.9 Å². The lowest BCUT2D eigenvalue weighted by Gasteiger charge is -2.17. The molecule has 8 heteroatoms. The van der Waals surface area contributed by atoms with Crippen molar-refractivity contribution in [3.8, 4) is 0 Å². The van der Waals surface area contributed by atoms with Gasteiger partial charge in [0.05, 0.1) is 4.90 Å². The number of nitrogens with two attached hydrogens (primary N) is 1. The molecular weight excluding hydrogens is 475 g/mol. The molecule has 27 heavy (non-hydrogen) atoms. The molecule has 0 saturated carbocycles. The Bertz CT molecular complexity index is 868. The zero-order valence-electron chi connectivity index (χ0n) is 15.8. The Hall–Kier alpha value is -1.65. The summed E-state index contributed by atoms with van der Waals surface area (Å²) in [5, 5.41) is 11.6. The summed E-state index contributed by atoms with van der Waals surface area (Å²) < 4.78 is 22.9. The van der Waals surface area contributed by atoms with Gasteiger partial charge in [0.25, 0.3) is 0 Å². The Balaban J connectivity index is 0.00000364. The number of halogens is 1. The molecule has 0 spiro atoms. The fourth-order valence-corrected chi connectivity index (χ4v) is 3.09. The van der Waals surface area contributed by atoms with Crippen molar-refractivity contribution in [2.75, 3.05) is 13.6 Å². The van der Waals surface area contributed by atoms with Crippen LogP contribution in [0.25, 0.3) is 0 Å². The fourth-order valence-electron chi connectivity index (χ4n) is 2.50. The van der Waals surface area contributed by atoms with Gasteiger partial charge in [0.15, 0.2) is 5.96 Å². The molecule has 1 unspecified atom stereocenters. The van der Waals surface area contributed by atoms with E-state index in [0.29, 0.717) is 18.4 Å². The Morgan fingerprint density at radius 1 is 1.15 bits per heavy atom. The summed E-state index contributed by atoms with van der Waals surface area (Å²) in [6.45, 7) is 5.41. The molecule has 2 aromatic carbocycles. The van der Waals surface area contributed by atoms with Crippen molar-refractivity contribution in [3.05, 3.63) is 65.2 Å². The number of hydrogen-bond acceptors (Lipinski definition) is 3. The number of benzene rings is 2. The second-order valence-electron chi connectivity index (χ2n) is 6.31. The van der Waals surface area contributed by atoms with Crippen molar-refractivity contribution in [2.24, 2.45) is 10.1 Å². The normalized spacial score (nSPS) is 12.8. The molecule has 0 bridgehead atoms. The summed E-state index contributed by atoms with van der Waals surface area (Å²) in [6.07, 6.45) is 0. The number of nitrogens with zero attached hydrogens (tertiary/aromatic N) is 1. The minimum absolute atomic E-state index is 0. The Morgan fingerprint density at radius 3 is 2.41 bits per heavy atom. The molecule has 0 heterocycles. The van der Waals surface area contributed by atoms with Crippen LogP contribution in [0.1, 0.15) is 29.5 Å². The van der Waals surface area contributed by atoms with Gasteiger partial charge in [-0.25, -0.2) is 13.6 Å². The van der Waals surface area contributed by atoms with Crippen molar-refractivity contribution >= 4 is 40.0 Å². The van der Waals surface area contributed by atoms with E-state index in [9.17, 15) is 8.42 Å². The Labute approximate surface area is 178 Å². The van der Waals surface area contributed by atoms with E-state index in [4.69, 9.17) is 5.14 Å². The van der Waals surface area contributed by atoms with E-state index < -0.39 is 10.0 Å². The lowest BCUT2D eigenvalue weighted by molar-refractivity contribution is 0.597. The second kappa shape index (κ2) is 10.6. The summed E-state index contributed by atoms with van der Waals surface area (Å²) in [4.78, 5) is 4.31. The molecule has 0 saturated heterocycles. The zero-order chi connectivity index (χ0) is 19.2. The highest BCUT2D eigenvalue weighted by Crippen LogP contribution is 2.14. The van der Waals surface area contributed by atoms with Crippen molar-refractivity contribution in [1.29, 1.82) is 0 Å². The molecule has 0 amide bonds. The highest BCUT2D eigenvalue weighted by molar-refractivity contribution is 14.0. The van der Waals surface area contributed by atoms with Crippen LogP contribution in [0.4, 0.5) is 0 Å². The minimum atomic E-state index is -3.70. The average molecular weight is 502 g/mol. The number of aryl methyl sites for hydroxylation is 1. The van der Waals surface area contributed by atoms with Crippen molar-refractivity contribution in [1.82, 2.24) is 10.6 Å². The molecule has 148 valence electrons. The van der Waals surface area contributed by atoms with Crippen LogP contribution in [-0.2, 0) is 16.6 Å². The maximum Gasteiger partial charge on any atom is 0.238 e. The number of primary sulfonamides is 1. The fraction of sp³-hybridized carbons (Fsp3) is 0.316. The summed E-state index contributed by atoms with van der Waals surface area (Å²) in [7, 11) is -2.00. The first kappa shape index (κ1) is 23.4. The van der Waals surface area contributed by atoms with Crippen LogP contribution >= 0.6 is 24.0 Å². The van der Waals surface area contributed by atoms with Crippen LogP contribution in [-0.4, -0.2) is 28.0 Å². The Kier molecular flexibility index (Phi) is 9.20. The molecule has 2 aromatic rings. The third-order valence-electron chi connectivity index (χ3n) is 4.13. The number of nitrogens with one attached hydrogen (secondary N) is 2. The predicted molar refractivity (Wildman–Crippen MR) is 121 cm³/mol. The van der Waals surface area contributed by atoms with Gasteiger partial charge in [0.1, 0.15) is 0 Å². The van der Waals surface area contributed by atoms with Gasteiger partial charge in [0.2, 0.25) is 10.0 Å². The van der Waals surface area contributed by atoms with Gasteiger partial charge in [-0.15, -0.1) is 24.0 Å². The van der Waals surface area contributed by atoms with Gasteiger partial charge in [-0.2, -0.15) is 0 Å². The van der Waals surface area contributed by atoms with Crippen LogP contribution < -0.4 is 15.8 Å². The first-order valence-electron chi connectivity index (χ1n) is 8.42. The summed E-state index contributed by atoms with van der Waals surface area (Å²) in [5.41, 5.74) is 3.32. The molecule has 0 aliphatic rings. The monoisotopic (exact) mass is 502 g/mol. The van der Waals surface area contributed by atoms with Crippen LogP contribution in [0.5, 0.6) is 0 Å². The number of sulfonamides is 1. The molecule has 0 fully saturated rings. The average Bonchev–Trinajstić information content (AvgIpc) is 2.61. The van der Waals surface area contributed by atoms with Gasteiger partial charge in [-0.05, 0) is 36.1 Å². The van der Waals surface area contributed by atoms with Gasteiger partial charge in [0, 0.05) is 20.1 Å². The molecule has 0 aromatic heterocycles. The third kappa shape index (κ3) is 7.47. The van der Waals surface area contributed by atoms with E-state index in [0.717, 1.165) is 12.1 Å². The number of hydrogen-bond donors (Lipinski definition) is 3. The van der Waals surface area contributed by atoms with Crippen molar-refractivity contribution < 1.29 is 8.42 Å². The topological polar surface area (TPSA) is 96.6 Å². The standard InChI is InChI=1S/C19H26N4O2S.HI/c1-14-7-9-17(10-8-14)15(2)12-22-19(21-3)23-13-16-5-4-6-18(11-16)26(20,24)25;/h4-11,15H,12-13H2,1-3H3,(H2,20,24,25)(H2,21,22,23);1H. The lowest BCUT2D eigenvalue weighted by Crippen LogP contribution is -2.38. The van der Waals surface area contributed by atoms with Crippen molar-refractivity contribution in [2.45, 2.75) is 31.2 Å². The predicted octanol–water partition coefficient (Wildman–Crippen LogP) is 2.73. The first-order valence-corrected chi connectivity index (χ1v) is 9.97. The van der Waals surface area contributed by atoms with Crippen molar-refractivity contribution in [3.63, 3.8) is 0 Å². The largest absolute Gasteiger partial charge is 0.356 e. The maximum absolute atomic E-state index is 11.4.